The fourth-order valence-electron chi connectivity index (χ4n) is 2.92. The monoisotopic (exact) mass is 584 g/mol. The zero-order chi connectivity index (χ0) is 26.8. The van der Waals surface area contributed by atoms with E-state index in [2.05, 4.69) is 10.6 Å². The minimum absolute atomic E-state index is 0.239. The number of benzene rings is 2. The van der Waals surface area contributed by atoms with Gasteiger partial charge in [0.25, 0.3) is 0 Å². The molecular weight excluding hydrogens is 569 g/mol. The van der Waals surface area contributed by atoms with Crippen molar-refractivity contribution in [3.8, 4) is 0 Å². The molecule has 0 aliphatic heterocycles. The van der Waals surface area contributed by atoms with E-state index in [0.717, 1.165) is 24.3 Å². The lowest BCUT2D eigenvalue weighted by Crippen LogP contribution is -2.47. The Bertz CT molecular complexity index is 1110. The second kappa shape index (κ2) is 11.1. The van der Waals surface area contributed by atoms with Gasteiger partial charge in [-0.15, -0.1) is 0 Å². The van der Waals surface area contributed by atoms with Gasteiger partial charge in [-0.2, -0.15) is 26.3 Å². The van der Waals surface area contributed by atoms with Crippen molar-refractivity contribution in [3.05, 3.63) is 62.1 Å². The van der Waals surface area contributed by atoms with E-state index in [9.17, 15) is 40.5 Å². The Morgan fingerprint density at radius 2 is 1.60 bits per heavy atom. The second-order valence-electron chi connectivity index (χ2n) is 7.33. The molecule has 0 radical (unpaired) electrons. The maximum atomic E-state index is 13.8. The first kappa shape index (κ1) is 29.5. The first-order chi connectivity index (χ1) is 16.0. The first-order valence-corrected chi connectivity index (χ1v) is 12.3. The number of amides is 1. The summed E-state index contributed by atoms with van der Waals surface area (Å²) in [7, 11) is -1.50. The predicted molar refractivity (Wildman–Crippen MR) is 122 cm³/mol. The van der Waals surface area contributed by atoms with Crippen molar-refractivity contribution >= 4 is 57.2 Å². The lowest BCUT2D eigenvalue weighted by molar-refractivity contribution is -0.260. The molecule has 2 aromatic carbocycles. The Kier molecular flexibility index (Phi) is 9.37. The van der Waals surface area contributed by atoms with Crippen LogP contribution in [0.4, 0.5) is 32.0 Å². The van der Waals surface area contributed by atoms with Gasteiger partial charge in [-0.05, 0) is 35.4 Å². The van der Waals surface area contributed by atoms with Crippen molar-refractivity contribution in [3.63, 3.8) is 0 Å². The molecule has 0 aliphatic carbocycles. The van der Waals surface area contributed by atoms with Crippen molar-refractivity contribution in [2.24, 2.45) is 0 Å². The van der Waals surface area contributed by atoms with Gasteiger partial charge >= 0.3 is 12.4 Å². The third-order valence-electron chi connectivity index (χ3n) is 4.70. The topological polar surface area (TPSA) is 78.4 Å². The second-order valence-corrected chi connectivity index (χ2v) is 9.96. The molecule has 15 heteroatoms. The molecule has 2 aromatic rings. The molecule has 194 valence electrons. The Morgan fingerprint density at radius 3 is 2.09 bits per heavy atom. The number of anilines is 1. The highest BCUT2D eigenvalue weighted by molar-refractivity contribution is 7.85. The van der Waals surface area contributed by atoms with Crippen LogP contribution in [0.15, 0.2) is 30.3 Å². The van der Waals surface area contributed by atoms with Gasteiger partial charge in [0, 0.05) is 29.3 Å². The lowest BCUT2D eigenvalue weighted by Gasteiger charge is -2.32. The summed E-state index contributed by atoms with van der Waals surface area (Å²) in [5.41, 5.74) is -6.36. The van der Waals surface area contributed by atoms with Crippen LogP contribution >= 0.6 is 34.8 Å². The molecule has 35 heavy (non-hydrogen) atoms. The number of nitrogens with one attached hydrogen (secondary N) is 2. The average molecular weight is 586 g/mol. The van der Waals surface area contributed by atoms with Crippen LogP contribution in [0.3, 0.4) is 0 Å². The summed E-state index contributed by atoms with van der Waals surface area (Å²) >= 11 is 17.3. The van der Waals surface area contributed by atoms with E-state index < -0.39 is 70.3 Å². The normalized spacial score (nSPS) is 14.8. The summed E-state index contributed by atoms with van der Waals surface area (Å²) in [5.74, 6) is -1.15. The van der Waals surface area contributed by atoms with E-state index in [1.807, 2.05) is 0 Å². The van der Waals surface area contributed by atoms with Crippen molar-refractivity contribution in [2.45, 2.75) is 24.5 Å². The Labute approximate surface area is 213 Å². The van der Waals surface area contributed by atoms with Gasteiger partial charge in [0.1, 0.15) is 5.75 Å². The molecule has 0 unspecified atom stereocenters. The molecule has 0 bridgehead atoms. The van der Waals surface area contributed by atoms with Crippen LogP contribution in [0, 0.1) is 0 Å². The maximum absolute atomic E-state index is 13.8. The van der Waals surface area contributed by atoms with Gasteiger partial charge in [-0.1, -0.05) is 40.9 Å². The molecule has 0 aliphatic rings. The first-order valence-electron chi connectivity index (χ1n) is 9.40. The molecule has 0 aromatic heterocycles. The molecule has 2 atom stereocenters. The Morgan fingerprint density at radius 1 is 1.03 bits per heavy atom. The minimum atomic E-state index is -5.28. The predicted octanol–water partition coefficient (Wildman–Crippen LogP) is 5.52. The summed E-state index contributed by atoms with van der Waals surface area (Å²) in [5, 5.41) is 13.9. The number of carbonyl (C=O) groups excluding carboxylic acids is 1. The molecule has 5 nitrogen and oxygen atoms in total. The zero-order valence-corrected chi connectivity index (χ0v) is 20.7. The molecule has 0 heterocycles. The highest BCUT2D eigenvalue weighted by Crippen LogP contribution is 2.43. The molecule has 0 spiro atoms. The summed E-state index contributed by atoms with van der Waals surface area (Å²) in [6, 6.07) is 4.05. The van der Waals surface area contributed by atoms with Gasteiger partial charge in [0.2, 0.25) is 11.5 Å². The van der Waals surface area contributed by atoms with Gasteiger partial charge < -0.3 is 15.7 Å². The van der Waals surface area contributed by atoms with E-state index in [1.54, 1.807) is 0 Å². The van der Waals surface area contributed by atoms with Crippen LogP contribution in [-0.2, 0) is 33.9 Å². The van der Waals surface area contributed by atoms with Gasteiger partial charge in [0.15, 0.2) is 0 Å². The number of rotatable bonds is 8. The Hall–Kier alpha value is -1.73. The molecule has 2 rings (SSSR count). The van der Waals surface area contributed by atoms with Crippen LogP contribution in [0.1, 0.15) is 16.7 Å². The van der Waals surface area contributed by atoms with Gasteiger partial charge in [0.05, 0.1) is 27.2 Å². The third-order valence-corrected chi connectivity index (χ3v) is 6.57. The molecule has 1 amide bonds. The number of carbonyl (C=O) groups is 1. The summed E-state index contributed by atoms with van der Waals surface area (Å²) in [6.07, 6.45) is -8.95. The van der Waals surface area contributed by atoms with E-state index in [-0.39, 0.29) is 20.6 Å². The quantitative estimate of drug-likeness (QED) is 0.282. The lowest BCUT2D eigenvalue weighted by atomic mass is 9.92. The fourth-order valence-corrected chi connectivity index (χ4v) is 3.99. The van der Waals surface area contributed by atoms with E-state index >= 15 is 0 Å². The van der Waals surface area contributed by atoms with Crippen molar-refractivity contribution in [1.29, 1.82) is 0 Å². The molecule has 0 fully saturated rings. The van der Waals surface area contributed by atoms with Gasteiger partial charge in [-0.3, -0.25) is 9.00 Å². The largest absolute Gasteiger partial charge is 0.423 e. The van der Waals surface area contributed by atoms with Crippen LogP contribution in [-0.4, -0.2) is 40.0 Å². The zero-order valence-electron chi connectivity index (χ0n) is 17.6. The van der Waals surface area contributed by atoms with E-state index in [0.29, 0.717) is 6.07 Å². The number of aliphatic hydroxyl groups is 1. The van der Waals surface area contributed by atoms with Crippen molar-refractivity contribution in [2.75, 3.05) is 23.9 Å². The summed E-state index contributed by atoms with van der Waals surface area (Å²) in [6.45, 7) is -1.85. The molecule has 0 saturated heterocycles. The highest BCUT2D eigenvalue weighted by Gasteiger charge is 2.55. The standard InChI is InChI=1S/C20H17Cl3F6N2O3S/c1-35(34)8-16(32)30-7-10-2-3-12(6-13(10)19(24,25)26)31-9-18(33,20(27,28)29)11-4-14(21)17(23)15(22)5-11/h2-6,31,33H,7-9H2,1H3,(H,30,32)/t18-,35+/m0/s1. The van der Waals surface area contributed by atoms with Crippen LogP contribution in [0.25, 0.3) is 0 Å². The average Bonchev–Trinajstić information content (AvgIpc) is 2.72. The van der Waals surface area contributed by atoms with Crippen LogP contribution < -0.4 is 10.6 Å². The number of alkyl halides is 6. The number of halogens is 9. The summed E-state index contributed by atoms with van der Waals surface area (Å²) in [4.78, 5) is 11.6. The maximum Gasteiger partial charge on any atom is 0.423 e. The van der Waals surface area contributed by atoms with Crippen LogP contribution in [0.2, 0.25) is 15.1 Å². The molecule has 0 saturated carbocycles. The van der Waals surface area contributed by atoms with E-state index in [1.165, 1.54) is 6.26 Å². The SMILES string of the molecule is C[S@@](=O)CC(=O)NCc1ccc(NC[C@](O)(c2cc(Cl)c(Cl)c(Cl)c2)C(F)(F)F)cc1C(F)(F)F. The fraction of sp³-hybridized carbons (Fsp3) is 0.350. The highest BCUT2D eigenvalue weighted by atomic mass is 35.5. The van der Waals surface area contributed by atoms with Crippen molar-refractivity contribution in [1.82, 2.24) is 5.32 Å². The molecule has 3 N–H and O–H groups in total. The van der Waals surface area contributed by atoms with Gasteiger partial charge in [-0.25, -0.2) is 0 Å². The summed E-state index contributed by atoms with van der Waals surface area (Å²) < 4.78 is 93.1. The van der Waals surface area contributed by atoms with Crippen LogP contribution in [0.5, 0.6) is 0 Å². The number of hydrogen-bond acceptors (Lipinski definition) is 4. The number of hydrogen-bond donors (Lipinski definition) is 3. The smallest absolute Gasteiger partial charge is 0.381 e. The molecular formula is C20H17Cl3F6N2O3S. The van der Waals surface area contributed by atoms with E-state index in [4.69, 9.17) is 34.8 Å². The third kappa shape index (κ3) is 7.39. The minimum Gasteiger partial charge on any atom is -0.381 e. The van der Waals surface area contributed by atoms with Crippen molar-refractivity contribution < 1.29 is 40.5 Å². The Balaban J connectivity index is 2.35.